The molecule has 2 aromatic rings. The Balaban J connectivity index is 1.76. The van der Waals surface area contributed by atoms with Crippen LogP contribution in [0.1, 0.15) is 65.2 Å². The van der Waals surface area contributed by atoms with Gasteiger partial charge in [-0.25, -0.2) is 9.59 Å². The summed E-state index contributed by atoms with van der Waals surface area (Å²) in [6.45, 7) is 13.4. The van der Waals surface area contributed by atoms with E-state index in [1.54, 1.807) is 24.0 Å². The molecule has 0 aliphatic carbocycles. The SMILES string of the molecule is CC1Oc2ccc(CN(Cc3cccc(CNC(=O)OC(C)(C)C)c3)C(=O)OC(C)(C)C)cc2NC1=O. The first-order valence-electron chi connectivity index (χ1n) is 12.3. The number of carbonyl (C=O) groups is 3. The molecule has 9 nitrogen and oxygen atoms in total. The zero-order valence-corrected chi connectivity index (χ0v) is 22.6. The van der Waals surface area contributed by atoms with E-state index < -0.39 is 29.5 Å². The van der Waals surface area contributed by atoms with Crippen molar-refractivity contribution in [2.45, 2.75) is 85.4 Å². The molecule has 1 atom stereocenters. The minimum atomic E-state index is -0.664. The van der Waals surface area contributed by atoms with Crippen LogP contribution in [-0.2, 0) is 33.9 Å². The van der Waals surface area contributed by atoms with Crippen LogP contribution >= 0.6 is 0 Å². The Labute approximate surface area is 218 Å². The highest BCUT2D eigenvalue weighted by Crippen LogP contribution is 2.31. The van der Waals surface area contributed by atoms with Crippen LogP contribution in [0.5, 0.6) is 5.75 Å². The van der Waals surface area contributed by atoms with Gasteiger partial charge in [0.25, 0.3) is 5.91 Å². The number of hydrogen-bond donors (Lipinski definition) is 2. The van der Waals surface area contributed by atoms with E-state index in [2.05, 4.69) is 10.6 Å². The number of carbonyl (C=O) groups excluding carboxylic acids is 3. The summed E-state index contributed by atoms with van der Waals surface area (Å²) in [5, 5.41) is 5.59. The molecule has 0 saturated carbocycles. The van der Waals surface area contributed by atoms with Crippen molar-refractivity contribution >= 4 is 23.8 Å². The topological polar surface area (TPSA) is 106 Å². The maximum atomic E-state index is 13.1. The molecule has 1 unspecified atom stereocenters. The summed E-state index contributed by atoms with van der Waals surface area (Å²) in [7, 11) is 0. The summed E-state index contributed by atoms with van der Waals surface area (Å²) in [6, 6.07) is 13.1. The van der Waals surface area contributed by atoms with Crippen LogP contribution in [0.25, 0.3) is 0 Å². The summed E-state index contributed by atoms with van der Waals surface area (Å²) in [5.41, 5.74) is 1.88. The number of nitrogens with one attached hydrogen (secondary N) is 2. The first-order chi connectivity index (χ1) is 17.2. The number of amides is 3. The standard InChI is InChI=1S/C28H37N3O6/c1-18-24(32)30-22-14-21(11-12-23(22)35-18)17-31(26(34)37-28(5,6)7)16-20-10-8-9-19(13-20)15-29-25(33)36-27(2,3)4/h8-14,18H,15-17H2,1-7H3,(H,29,33)(H,30,32). The van der Waals surface area contributed by atoms with Crippen molar-refractivity contribution in [3.8, 4) is 5.75 Å². The lowest BCUT2D eigenvalue weighted by Gasteiger charge is -2.28. The fourth-order valence-electron chi connectivity index (χ4n) is 3.63. The molecule has 37 heavy (non-hydrogen) atoms. The minimum Gasteiger partial charge on any atom is -0.479 e. The molecule has 0 saturated heterocycles. The van der Waals surface area contributed by atoms with E-state index in [4.69, 9.17) is 14.2 Å². The molecule has 0 bridgehead atoms. The van der Waals surface area contributed by atoms with E-state index in [0.29, 0.717) is 11.4 Å². The Bertz CT molecular complexity index is 1150. The van der Waals surface area contributed by atoms with Gasteiger partial charge in [-0.15, -0.1) is 0 Å². The number of rotatable bonds is 6. The Hall–Kier alpha value is -3.75. The molecule has 1 heterocycles. The number of nitrogens with zero attached hydrogens (tertiary/aromatic N) is 1. The van der Waals surface area contributed by atoms with Gasteiger partial charge in [-0.3, -0.25) is 9.69 Å². The lowest BCUT2D eigenvalue weighted by atomic mass is 10.1. The Morgan fingerprint density at radius 2 is 1.57 bits per heavy atom. The number of fused-ring (bicyclic) bond motifs is 1. The maximum Gasteiger partial charge on any atom is 0.410 e. The van der Waals surface area contributed by atoms with Crippen molar-refractivity contribution in [1.82, 2.24) is 10.2 Å². The molecule has 0 fully saturated rings. The van der Waals surface area contributed by atoms with Gasteiger partial charge >= 0.3 is 12.2 Å². The molecule has 2 aromatic carbocycles. The van der Waals surface area contributed by atoms with Gasteiger partial charge in [0.1, 0.15) is 17.0 Å². The highest BCUT2D eigenvalue weighted by molar-refractivity contribution is 5.97. The van der Waals surface area contributed by atoms with E-state index >= 15 is 0 Å². The van der Waals surface area contributed by atoms with Gasteiger partial charge in [0.2, 0.25) is 0 Å². The van der Waals surface area contributed by atoms with Crippen LogP contribution < -0.4 is 15.4 Å². The van der Waals surface area contributed by atoms with Crippen LogP contribution in [0.15, 0.2) is 42.5 Å². The van der Waals surface area contributed by atoms with Crippen molar-refractivity contribution in [2.75, 3.05) is 5.32 Å². The number of alkyl carbamates (subject to hydrolysis) is 1. The molecule has 9 heteroatoms. The van der Waals surface area contributed by atoms with E-state index in [9.17, 15) is 14.4 Å². The largest absolute Gasteiger partial charge is 0.479 e. The van der Waals surface area contributed by atoms with Crippen molar-refractivity contribution in [3.05, 3.63) is 59.2 Å². The summed E-state index contributed by atoms with van der Waals surface area (Å²) >= 11 is 0. The molecule has 2 N–H and O–H groups in total. The van der Waals surface area contributed by atoms with Gasteiger partial charge in [-0.05, 0) is 77.3 Å². The van der Waals surface area contributed by atoms with E-state index in [-0.39, 0.29) is 25.5 Å². The molecule has 0 aromatic heterocycles. The molecule has 1 aliphatic heterocycles. The van der Waals surface area contributed by atoms with E-state index in [1.165, 1.54) is 0 Å². The molecule has 0 radical (unpaired) electrons. The van der Waals surface area contributed by atoms with E-state index in [0.717, 1.165) is 16.7 Å². The van der Waals surface area contributed by atoms with Crippen LogP contribution in [-0.4, -0.2) is 40.3 Å². The Morgan fingerprint density at radius 3 is 2.22 bits per heavy atom. The fourth-order valence-corrected chi connectivity index (χ4v) is 3.63. The Morgan fingerprint density at radius 1 is 0.946 bits per heavy atom. The number of ether oxygens (including phenoxy) is 3. The van der Waals surface area contributed by atoms with Crippen molar-refractivity contribution in [1.29, 1.82) is 0 Å². The third-order valence-electron chi connectivity index (χ3n) is 5.20. The van der Waals surface area contributed by atoms with Gasteiger partial charge in [-0.2, -0.15) is 0 Å². The summed E-state index contributed by atoms with van der Waals surface area (Å²) in [6.07, 6.45) is -1.52. The quantitative estimate of drug-likeness (QED) is 0.540. The lowest BCUT2D eigenvalue weighted by Crippen LogP contribution is -2.36. The second-order valence-corrected chi connectivity index (χ2v) is 11.1. The summed E-state index contributed by atoms with van der Waals surface area (Å²) in [4.78, 5) is 38.8. The van der Waals surface area contributed by atoms with Crippen molar-refractivity contribution in [3.63, 3.8) is 0 Å². The molecule has 200 valence electrons. The van der Waals surface area contributed by atoms with Gasteiger partial charge in [0.15, 0.2) is 6.10 Å². The van der Waals surface area contributed by atoms with Gasteiger partial charge in [0, 0.05) is 19.6 Å². The smallest absolute Gasteiger partial charge is 0.410 e. The third-order valence-corrected chi connectivity index (χ3v) is 5.20. The zero-order chi connectivity index (χ0) is 27.4. The lowest BCUT2D eigenvalue weighted by molar-refractivity contribution is -0.122. The predicted molar refractivity (Wildman–Crippen MR) is 140 cm³/mol. The summed E-state index contributed by atoms with van der Waals surface area (Å²) < 4.78 is 16.6. The molecule has 3 amide bonds. The highest BCUT2D eigenvalue weighted by atomic mass is 16.6. The van der Waals surface area contributed by atoms with Gasteiger partial charge in [0.05, 0.1) is 5.69 Å². The normalized spacial score (nSPS) is 15.1. The maximum absolute atomic E-state index is 13.1. The van der Waals surface area contributed by atoms with Gasteiger partial charge in [-0.1, -0.05) is 30.3 Å². The van der Waals surface area contributed by atoms with Crippen LogP contribution in [0.4, 0.5) is 15.3 Å². The number of benzene rings is 2. The van der Waals surface area contributed by atoms with Crippen LogP contribution in [0.2, 0.25) is 0 Å². The van der Waals surface area contributed by atoms with Crippen LogP contribution in [0.3, 0.4) is 0 Å². The number of hydrogen-bond acceptors (Lipinski definition) is 6. The van der Waals surface area contributed by atoms with Crippen molar-refractivity contribution < 1.29 is 28.6 Å². The molecule has 1 aliphatic rings. The predicted octanol–water partition coefficient (Wildman–Crippen LogP) is 5.37. The average Bonchev–Trinajstić information content (AvgIpc) is 2.76. The fraction of sp³-hybridized carbons (Fsp3) is 0.464. The van der Waals surface area contributed by atoms with Gasteiger partial charge < -0.3 is 24.8 Å². The highest BCUT2D eigenvalue weighted by Gasteiger charge is 2.26. The number of anilines is 1. The van der Waals surface area contributed by atoms with Crippen LogP contribution in [0, 0.1) is 0 Å². The summed E-state index contributed by atoms with van der Waals surface area (Å²) in [5.74, 6) is 0.371. The monoisotopic (exact) mass is 511 g/mol. The third kappa shape index (κ3) is 8.70. The first kappa shape index (κ1) is 27.8. The zero-order valence-electron chi connectivity index (χ0n) is 22.6. The molecular weight excluding hydrogens is 474 g/mol. The second-order valence-electron chi connectivity index (χ2n) is 11.1. The average molecular weight is 512 g/mol. The second kappa shape index (κ2) is 11.1. The van der Waals surface area contributed by atoms with Crippen molar-refractivity contribution in [2.24, 2.45) is 0 Å². The Kier molecular flexibility index (Phi) is 8.35. The van der Waals surface area contributed by atoms with E-state index in [1.807, 2.05) is 71.9 Å². The minimum absolute atomic E-state index is 0.217. The molecule has 0 spiro atoms. The molecule has 3 rings (SSSR count). The molecular formula is C28H37N3O6. The first-order valence-corrected chi connectivity index (χ1v) is 12.3.